The first-order valence-corrected chi connectivity index (χ1v) is 10.6. The first-order chi connectivity index (χ1) is 13.9. The molecular weight excluding hydrogens is 416 g/mol. The molecule has 2 aliphatic rings. The lowest BCUT2D eigenvalue weighted by atomic mass is 9.98. The minimum absolute atomic E-state index is 0.0949. The highest BCUT2D eigenvalue weighted by atomic mass is 35.5. The van der Waals surface area contributed by atoms with Crippen LogP contribution in [0.3, 0.4) is 0 Å². The van der Waals surface area contributed by atoms with Crippen molar-refractivity contribution in [2.24, 2.45) is 0 Å². The lowest BCUT2D eigenvalue weighted by molar-refractivity contribution is 0.0691. The molecule has 1 saturated heterocycles. The largest absolute Gasteiger partial charge is 0.490 e. The van der Waals surface area contributed by atoms with Gasteiger partial charge in [-0.1, -0.05) is 23.2 Å². The normalized spacial score (nSPS) is 18.0. The molecule has 0 radical (unpaired) electrons. The van der Waals surface area contributed by atoms with Gasteiger partial charge in [-0.25, -0.2) is 9.18 Å². The van der Waals surface area contributed by atoms with Crippen LogP contribution in [0.4, 0.5) is 4.39 Å². The number of nitrogens with zero attached hydrogens (tertiary/aromatic N) is 1. The summed E-state index contributed by atoms with van der Waals surface area (Å²) in [5, 5.41) is 10.2. The summed E-state index contributed by atoms with van der Waals surface area (Å²) in [4.78, 5) is 13.5. The maximum absolute atomic E-state index is 14.2. The van der Waals surface area contributed by atoms with Crippen molar-refractivity contribution in [1.29, 1.82) is 0 Å². The molecule has 29 heavy (non-hydrogen) atoms. The van der Waals surface area contributed by atoms with Crippen molar-refractivity contribution in [2.75, 3.05) is 13.1 Å². The Morgan fingerprint density at radius 2 is 1.83 bits per heavy atom. The van der Waals surface area contributed by atoms with E-state index in [2.05, 4.69) is 4.90 Å². The molecule has 2 fully saturated rings. The number of carboxylic acids is 1. The number of carboxylic acid groups (broad SMARTS) is 1. The van der Waals surface area contributed by atoms with Crippen LogP contribution >= 0.6 is 23.2 Å². The van der Waals surface area contributed by atoms with Gasteiger partial charge in [0.05, 0.1) is 15.6 Å². The molecule has 1 saturated carbocycles. The second kappa shape index (κ2) is 8.50. The van der Waals surface area contributed by atoms with Crippen LogP contribution in [0, 0.1) is 5.82 Å². The number of aromatic carboxylic acids is 1. The van der Waals surface area contributed by atoms with E-state index in [-0.39, 0.29) is 11.7 Å². The molecule has 0 unspecified atom stereocenters. The van der Waals surface area contributed by atoms with Crippen molar-refractivity contribution < 1.29 is 19.0 Å². The lowest BCUT2D eigenvalue weighted by Crippen LogP contribution is -2.38. The van der Waals surface area contributed by atoms with Crippen molar-refractivity contribution in [2.45, 2.75) is 44.2 Å². The summed E-state index contributed by atoms with van der Waals surface area (Å²) in [7, 11) is 0. The minimum Gasteiger partial charge on any atom is -0.490 e. The third kappa shape index (κ3) is 4.85. The fourth-order valence-electron chi connectivity index (χ4n) is 3.88. The van der Waals surface area contributed by atoms with Gasteiger partial charge in [0.25, 0.3) is 0 Å². The summed E-state index contributed by atoms with van der Waals surface area (Å²) in [5.74, 6) is -0.801. The Balaban J connectivity index is 1.39. The molecule has 7 heteroatoms. The van der Waals surface area contributed by atoms with Gasteiger partial charge >= 0.3 is 5.97 Å². The monoisotopic (exact) mass is 437 g/mol. The fraction of sp³-hybridized carbons (Fsp3) is 0.409. The van der Waals surface area contributed by atoms with Gasteiger partial charge in [0.15, 0.2) is 0 Å². The van der Waals surface area contributed by atoms with Crippen molar-refractivity contribution >= 4 is 29.2 Å². The average Bonchev–Trinajstić information content (AvgIpc) is 3.51. The van der Waals surface area contributed by atoms with Crippen LogP contribution < -0.4 is 4.74 Å². The van der Waals surface area contributed by atoms with Crippen molar-refractivity contribution in [3.8, 4) is 5.75 Å². The molecule has 1 aliphatic heterocycles. The molecule has 0 amide bonds. The molecule has 0 atom stereocenters. The molecule has 154 valence electrons. The third-order valence-corrected chi connectivity index (χ3v) is 6.34. The maximum atomic E-state index is 14.2. The van der Waals surface area contributed by atoms with E-state index in [1.54, 1.807) is 12.1 Å². The fourth-order valence-corrected chi connectivity index (χ4v) is 4.16. The number of benzene rings is 2. The molecular formula is C22H22Cl2FNO3. The quantitative estimate of drug-likeness (QED) is 0.624. The summed E-state index contributed by atoms with van der Waals surface area (Å²) < 4.78 is 20.3. The Kier molecular flexibility index (Phi) is 6.00. The summed E-state index contributed by atoms with van der Waals surface area (Å²) in [6, 6.07) is 8.21. The Hall–Kier alpha value is -1.82. The van der Waals surface area contributed by atoms with E-state index in [4.69, 9.17) is 27.9 Å². The number of hydrogen-bond acceptors (Lipinski definition) is 3. The highest BCUT2D eigenvalue weighted by Crippen LogP contribution is 2.43. The Labute approximate surface area is 179 Å². The number of ether oxygens (including phenoxy) is 1. The van der Waals surface area contributed by atoms with Gasteiger partial charge in [-0.2, -0.15) is 0 Å². The molecule has 0 aromatic heterocycles. The number of carbonyl (C=O) groups is 1. The number of hydrogen-bond donors (Lipinski definition) is 1. The predicted octanol–water partition coefficient (Wildman–Crippen LogP) is 5.75. The van der Waals surface area contributed by atoms with Gasteiger partial charge in [-0.05, 0) is 67.0 Å². The van der Waals surface area contributed by atoms with Gasteiger partial charge < -0.3 is 9.84 Å². The van der Waals surface area contributed by atoms with Crippen LogP contribution in [-0.2, 0) is 6.54 Å². The number of likely N-dealkylation sites (tertiary alicyclic amines) is 1. The smallest absolute Gasteiger partial charge is 0.338 e. The summed E-state index contributed by atoms with van der Waals surface area (Å²) in [5.41, 5.74) is 1.65. The molecule has 0 bridgehead atoms. The number of rotatable bonds is 6. The maximum Gasteiger partial charge on any atom is 0.338 e. The number of piperidine rings is 1. The topological polar surface area (TPSA) is 49.8 Å². The molecule has 2 aromatic carbocycles. The van der Waals surface area contributed by atoms with Crippen molar-refractivity contribution in [3.63, 3.8) is 0 Å². The van der Waals surface area contributed by atoms with Crippen molar-refractivity contribution in [1.82, 2.24) is 4.90 Å². The molecule has 2 aromatic rings. The minimum atomic E-state index is -1.21. The van der Waals surface area contributed by atoms with Gasteiger partial charge in [0, 0.05) is 25.7 Å². The van der Waals surface area contributed by atoms with E-state index in [1.807, 2.05) is 6.07 Å². The van der Waals surface area contributed by atoms with Crippen LogP contribution in [0.15, 0.2) is 30.3 Å². The highest BCUT2D eigenvalue weighted by Gasteiger charge is 2.30. The predicted molar refractivity (Wildman–Crippen MR) is 111 cm³/mol. The van der Waals surface area contributed by atoms with E-state index in [1.165, 1.54) is 12.1 Å². The molecule has 0 spiro atoms. The molecule has 4 rings (SSSR count). The van der Waals surface area contributed by atoms with Crippen LogP contribution in [0.2, 0.25) is 10.0 Å². The van der Waals surface area contributed by atoms with Crippen LogP contribution in [0.5, 0.6) is 5.75 Å². The molecule has 1 aliphatic carbocycles. The summed E-state index contributed by atoms with van der Waals surface area (Å²) >= 11 is 12.0. The Bertz CT molecular complexity index is 925. The van der Waals surface area contributed by atoms with Gasteiger partial charge in [0.2, 0.25) is 0 Å². The Morgan fingerprint density at radius 3 is 2.45 bits per heavy atom. The second-order valence-corrected chi connectivity index (χ2v) is 8.59. The first kappa shape index (κ1) is 20.5. The summed E-state index contributed by atoms with van der Waals surface area (Å²) in [6.07, 6.45) is 3.88. The zero-order valence-electron chi connectivity index (χ0n) is 15.8. The third-order valence-electron chi connectivity index (χ3n) is 5.60. The van der Waals surface area contributed by atoms with Crippen molar-refractivity contribution in [3.05, 3.63) is 62.9 Å². The Morgan fingerprint density at radius 1 is 1.10 bits per heavy atom. The van der Waals surface area contributed by atoms with Crippen LogP contribution in [0.25, 0.3) is 0 Å². The lowest BCUT2D eigenvalue weighted by Gasteiger charge is -2.32. The molecule has 1 heterocycles. The van der Waals surface area contributed by atoms with Crippen LogP contribution in [-0.4, -0.2) is 35.2 Å². The standard InChI is InChI=1S/C22H22Cl2FNO3/c23-19-4-3-16(10-20(19)24)29-15-5-7-26(8-6-15)12-14-9-21(25)18(22(27)28)11-17(14)13-1-2-13/h3-4,9-11,13,15H,1-2,5-8,12H2,(H,27,28). The number of halogens is 3. The second-order valence-electron chi connectivity index (χ2n) is 7.78. The SMILES string of the molecule is O=C(O)c1cc(C2CC2)c(CN2CCC(Oc3ccc(Cl)c(Cl)c3)CC2)cc1F. The molecule has 1 N–H and O–H groups in total. The van der Waals surface area contributed by atoms with E-state index >= 15 is 0 Å². The van der Waals surface area contributed by atoms with Crippen LogP contribution in [0.1, 0.15) is 53.1 Å². The summed E-state index contributed by atoms with van der Waals surface area (Å²) in [6.45, 7) is 2.29. The zero-order chi connectivity index (χ0) is 20.5. The first-order valence-electron chi connectivity index (χ1n) is 9.80. The van der Waals surface area contributed by atoms with Gasteiger partial charge in [-0.15, -0.1) is 0 Å². The van der Waals surface area contributed by atoms with E-state index in [0.29, 0.717) is 28.3 Å². The molecule has 4 nitrogen and oxygen atoms in total. The zero-order valence-corrected chi connectivity index (χ0v) is 17.3. The average molecular weight is 438 g/mol. The van der Waals surface area contributed by atoms with E-state index in [0.717, 1.165) is 49.9 Å². The highest BCUT2D eigenvalue weighted by molar-refractivity contribution is 6.42. The van der Waals surface area contributed by atoms with Gasteiger partial charge in [0.1, 0.15) is 17.7 Å². The van der Waals surface area contributed by atoms with E-state index in [9.17, 15) is 14.3 Å². The van der Waals surface area contributed by atoms with E-state index < -0.39 is 11.8 Å². The van der Waals surface area contributed by atoms with Gasteiger partial charge in [-0.3, -0.25) is 4.90 Å².